The summed E-state index contributed by atoms with van der Waals surface area (Å²) in [5.74, 6) is -0.207. The average molecular weight is 289 g/mol. The summed E-state index contributed by atoms with van der Waals surface area (Å²) in [5.41, 5.74) is 1.79. The molecule has 3 amide bonds. The quantitative estimate of drug-likeness (QED) is 0.842. The van der Waals surface area contributed by atoms with Crippen molar-refractivity contribution in [2.45, 2.75) is 19.5 Å². The first-order valence-corrected chi connectivity index (χ1v) is 7.18. The molecule has 3 rings (SSSR count). The van der Waals surface area contributed by atoms with Gasteiger partial charge in [-0.2, -0.15) is 0 Å². The maximum absolute atomic E-state index is 11.9. The lowest BCUT2D eigenvalue weighted by Crippen LogP contribution is -2.35. The summed E-state index contributed by atoms with van der Waals surface area (Å²) in [6.07, 6.45) is 0. The minimum absolute atomic E-state index is 0.207. The molecule has 21 heavy (non-hydrogen) atoms. The van der Waals surface area contributed by atoms with Crippen molar-refractivity contribution in [3.8, 4) is 0 Å². The van der Waals surface area contributed by atoms with Gasteiger partial charge in [-0.05, 0) is 24.6 Å². The molecule has 0 saturated carbocycles. The minimum atomic E-state index is -0.453. The number of rotatable bonds is 3. The Morgan fingerprint density at radius 1 is 1.19 bits per heavy atom. The standard InChI is InChI=1S/C15H19N3O3/c1-11-14(19)18(15(20)16-11)13-4-2-12(3-5-13)10-17-6-8-21-9-7-17/h2-5,11H,6-10H2,1H3,(H,16,20)/t11-/m1/s1. The fourth-order valence-corrected chi connectivity index (χ4v) is 2.62. The Morgan fingerprint density at radius 2 is 1.86 bits per heavy atom. The number of amides is 3. The second-order valence-corrected chi connectivity index (χ2v) is 5.40. The molecule has 0 spiro atoms. The summed E-state index contributed by atoms with van der Waals surface area (Å²) in [6.45, 7) is 5.97. The number of anilines is 1. The van der Waals surface area contributed by atoms with Crippen LogP contribution in [-0.2, 0) is 16.1 Å². The van der Waals surface area contributed by atoms with Gasteiger partial charge in [-0.3, -0.25) is 9.69 Å². The van der Waals surface area contributed by atoms with Crippen molar-refractivity contribution in [3.05, 3.63) is 29.8 Å². The highest BCUT2D eigenvalue weighted by molar-refractivity contribution is 6.21. The van der Waals surface area contributed by atoms with Crippen LogP contribution >= 0.6 is 0 Å². The predicted octanol–water partition coefficient (Wildman–Crippen LogP) is 0.963. The lowest BCUT2D eigenvalue weighted by Gasteiger charge is -2.26. The highest BCUT2D eigenvalue weighted by atomic mass is 16.5. The molecule has 2 heterocycles. The molecular formula is C15H19N3O3. The van der Waals surface area contributed by atoms with Gasteiger partial charge in [0.2, 0.25) is 0 Å². The molecule has 0 unspecified atom stereocenters. The molecule has 112 valence electrons. The Balaban J connectivity index is 1.69. The number of nitrogens with zero attached hydrogens (tertiary/aromatic N) is 2. The maximum atomic E-state index is 11.9. The minimum Gasteiger partial charge on any atom is -0.379 e. The van der Waals surface area contributed by atoms with Gasteiger partial charge in [0.25, 0.3) is 5.91 Å². The van der Waals surface area contributed by atoms with E-state index in [9.17, 15) is 9.59 Å². The number of urea groups is 1. The second-order valence-electron chi connectivity index (χ2n) is 5.40. The maximum Gasteiger partial charge on any atom is 0.329 e. The van der Waals surface area contributed by atoms with Gasteiger partial charge in [0.1, 0.15) is 6.04 Å². The Hall–Kier alpha value is -1.92. The normalized spacial score (nSPS) is 23.5. The van der Waals surface area contributed by atoms with E-state index in [0.29, 0.717) is 5.69 Å². The zero-order chi connectivity index (χ0) is 14.8. The van der Waals surface area contributed by atoms with Crippen LogP contribution in [0.15, 0.2) is 24.3 Å². The number of morpholine rings is 1. The molecule has 2 saturated heterocycles. The summed E-state index contributed by atoms with van der Waals surface area (Å²) in [4.78, 5) is 27.2. The fourth-order valence-electron chi connectivity index (χ4n) is 2.62. The van der Waals surface area contributed by atoms with E-state index in [1.54, 1.807) is 6.92 Å². The largest absolute Gasteiger partial charge is 0.379 e. The first kappa shape index (κ1) is 14.0. The molecule has 2 aliphatic rings. The molecule has 1 atom stereocenters. The van der Waals surface area contributed by atoms with E-state index < -0.39 is 6.04 Å². The molecule has 0 bridgehead atoms. The highest BCUT2D eigenvalue weighted by Crippen LogP contribution is 2.20. The van der Waals surface area contributed by atoms with Crippen LogP contribution in [0.5, 0.6) is 0 Å². The molecular weight excluding hydrogens is 270 g/mol. The fraction of sp³-hybridized carbons (Fsp3) is 0.467. The molecule has 6 nitrogen and oxygen atoms in total. The van der Waals surface area contributed by atoms with E-state index in [1.807, 2.05) is 24.3 Å². The van der Waals surface area contributed by atoms with Crippen molar-refractivity contribution in [2.75, 3.05) is 31.2 Å². The molecule has 1 aromatic rings. The summed E-state index contributed by atoms with van der Waals surface area (Å²) < 4.78 is 5.33. The van der Waals surface area contributed by atoms with Crippen LogP contribution in [0.25, 0.3) is 0 Å². The van der Waals surface area contributed by atoms with Crippen LogP contribution in [0, 0.1) is 0 Å². The number of hydrogen-bond acceptors (Lipinski definition) is 4. The number of benzene rings is 1. The molecule has 2 aliphatic heterocycles. The molecule has 2 fully saturated rings. The summed E-state index contributed by atoms with van der Waals surface area (Å²) in [6, 6.07) is 6.78. The molecule has 1 aromatic carbocycles. The number of nitrogens with one attached hydrogen (secondary N) is 1. The second kappa shape index (κ2) is 5.83. The van der Waals surface area contributed by atoms with E-state index in [1.165, 1.54) is 10.5 Å². The molecule has 0 radical (unpaired) electrons. The number of carbonyl (C=O) groups is 2. The summed E-state index contributed by atoms with van der Waals surface area (Å²) >= 11 is 0. The third-order valence-electron chi connectivity index (χ3n) is 3.84. The summed E-state index contributed by atoms with van der Waals surface area (Å²) in [7, 11) is 0. The van der Waals surface area contributed by atoms with Gasteiger partial charge in [0.05, 0.1) is 18.9 Å². The lowest BCUT2D eigenvalue weighted by atomic mass is 10.1. The van der Waals surface area contributed by atoms with Crippen LogP contribution in [0.1, 0.15) is 12.5 Å². The monoisotopic (exact) mass is 289 g/mol. The zero-order valence-electron chi connectivity index (χ0n) is 12.0. The van der Waals surface area contributed by atoms with Gasteiger partial charge in [0, 0.05) is 19.6 Å². The Kier molecular flexibility index (Phi) is 3.90. The Morgan fingerprint density at radius 3 is 2.43 bits per heavy atom. The van der Waals surface area contributed by atoms with E-state index >= 15 is 0 Å². The van der Waals surface area contributed by atoms with Crippen LogP contribution in [0.3, 0.4) is 0 Å². The van der Waals surface area contributed by atoms with Crippen molar-refractivity contribution in [1.29, 1.82) is 0 Å². The third kappa shape index (κ3) is 2.91. The third-order valence-corrected chi connectivity index (χ3v) is 3.84. The first-order chi connectivity index (χ1) is 10.1. The Bertz CT molecular complexity index is 538. The highest BCUT2D eigenvalue weighted by Gasteiger charge is 2.35. The van der Waals surface area contributed by atoms with Crippen LogP contribution in [0.4, 0.5) is 10.5 Å². The van der Waals surface area contributed by atoms with Crippen LogP contribution in [0.2, 0.25) is 0 Å². The first-order valence-electron chi connectivity index (χ1n) is 7.18. The molecule has 0 aromatic heterocycles. The predicted molar refractivity (Wildman–Crippen MR) is 78.0 cm³/mol. The van der Waals surface area contributed by atoms with Gasteiger partial charge in [-0.15, -0.1) is 0 Å². The van der Waals surface area contributed by atoms with Gasteiger partial charge < -0.3 is 10.1 Å². The van der Waals surface area contributed by atoms with Gasteiger partial charge >= 0.3 is 6.03 Å². The topological polar surface area (TPSA) is 61.9 Å². The number of carbonyl (C=O) groups excluding carboxylic acids is 2. The van der Waals surface area contributed by atoms with Crippen molar-refractivity contribution in [1.82, 2.24) is 10.2 Å². The van der Waals surface area contributed by atoms with E-state index in [0.717, 1.165) is 32.8 Å². The summed E-state index contributed by atoms with van der Waals surface area (Å²) in [5, 5.41) is 2.61. The number of imide groups is 1. The van der Waals surface area contributed by atoms with Crippen molar-refractivity contribution >= 4 is 17.6 Å². The molecule has 1 N–H and O–H groups in total. The van der Waals surface area contributed by atoms with Gasteiger partial charge in [0.15, 0.2) is 0 Å². The van der Waals surface area contributed by atoms with Gasteiger partial charge in [-0.1, -0.05) is 12.1 Å². The van der Waals surface area contributed by atoms with Crippen LogP contribution in [-0.4, -0.2) is 49.2 Å². The van der Waals surface area contributed by atoms with E-state index in [4.69, 9.17) is 4.74 Å². The van der Waals surface area contributed by atoms with E-state index in [-0.39, 0.29) is 11.9 Å². The lowest BCUT2D eigenvalue weighted by molar-refractivity contribution is -0.117. The average Bonchev–Trinajstić information content (AvgIpc) is 2.74. The number of hydrogen-bond donors (Lipinski definition) is 1. The van der Waals surface area contributed by atoms with Gasteiger partial charge in [-0.25, -0.2) is 9.69 Å². The Labute approximate surface area is 123 Å². The molecule has 0 aliphatic carbocycles. The van der Waals surface area contributed by atoms with Crippen molar-refractivity contribution < 1.29 is 14.3 Å². The van der Waals surface area contributed by atoms with Crippen LogP contribution < -0.4 is 10.2 Å². The SMILES string of the molecule is C[C@H]1NC(=O)N(c2ccc(CN3CCOCC3)cc2)C1=O. The van der Waals surface area contributed by atoms with Crippen molar-refractivity contribution in [2.24, 2.45) is 0 Å². The van der Waals surface area contributed by atoms with E-state index in [2.05, 4.69) is 10.2 Å². The number of ether oxygens (including phenoxy) is 1. The smallest absolute Gasteiger partial charge is 0.329 e. The van der Waals surface area contributed by atoms with Crippen molar-refractivity contribution in [3.63, 3.8) is 0 Å². The zero-order valence-corrected chi connectivity index (χ0v) is 12.0. The molecule has 6 heteroatoms.